The fourth-order valence-electron chi connectivity index (χ4n) is 1.02. The molecule has 0 saturated carbocycles. The molecule has 0 bridgehead atoms. The average molecular weight is 229 g/mol. The highest BCUT2D eigenvalue weighted by Gasteiger charge is 2.03. The summed E-state index contributed by atoms with van der Waals surface area (Å²) >= 11 is 0. The number of hydrogen-bond acceptors (Lipinski definition) is 3. The lowest BCUT2D eigenvalue weighted by atomic mass is 10.1. The third-order valence-corrected chi connectivity index (χ3v) is 1.80. The topological polar surface area (TPSA) is 76.7 Å². The Morgan fingerprint density at radius 2 is 2.00 bits per heavy atom. The van der Waals surface area contributed by atoms with E-state index in [9.17, 15) is 4.79 Å². The van der Waals surface area contributed by atoms with Crippen LogP contribution in [0.15, 0.2) is 5.16 Å². The molecular weight excluding hydrogens is 206 g/mol. The first-order chi connectivity index (χ1) is 7.41. The molecule has 0 aromatic rings. The molecule has 94 valence electrons. The van der Waals surface area contributed by atoms with E-state index in [-0.39, 0.29) is 18.6 Å². The molecule has 0 rings (SSSR count). The third-order valence-electron chi connectivity index (χ3n) is 1.80. The van der Waals surface area contributed by atoms with Crippen LogP contribution in [-0.2, 0) is 9.63 Å². The predicted molar refractivity (Wildman–Crippen MR) is 64.9 cm³/mol. The first-order valence-electron chi connectivity index (χ1n) is 5.65. The summed E-state index contributed by atoms with van der Waals surface area (Å²) in [5, 5.41) is 6.37. The van der Waals surface area contributed by atoms with Gasteiger partial charge in [0.15, 0.2) is 6.61 Å². The molecule has 16 heavy (non-hydrogen) atoms. The monoisotopic (exact) mass is 229 g/mol. The van der Waals surface area contributed by atoms with Crippen LogP contribution in [0, 0.1) is 5.92 Å². The fourth-order valence-corrected chi connectivity index (χ4v) is 1.02. The van der Waals surface area contributed by atoms with Crippen molar-refractivity contribution >= 4 is 11.7 Å². The number of carbonyl (C=O) groups is 1. The van der Waals surface area contributed by atoms with Gasteiger partial charge in [-0.15, -0.1) is 0 Å². The van der Waals surface area contributed by atoms with Crippen LogP contribution < -0.4 is 11.1 Å². The molecule has 5 nitrogen and oxygen atoms in total. The molecule has 0 aliphatic heterocycles. The number of nitrogens with zero attached hydrogens (tertiary/aromatic N) is 1. The Morgan fingerprint density at radius 1 is 1.38 bits per heavy atom. The second kappa shape index (κ2) is 7.96. The van der Waals surface area contributed by atoms with Gasteiger partial charge in [0, 0.05) is 12.5 Å². The van der Waals surface area contributed by atoms with E-state index < -0.39 is 0 Å². The van der Waals surface area contributed by atoms with Gasteiger partial charge < -0.3 is 15.9 Å². The molecule has 0 radical (unpaired) electrons. The normalized spacial score (nSPS) is 12.0. The van der Waals surface area contributed by atoms with E-state index in [1.54, 1.807) is 0 Å². The number of oxime groups is 1. The van der Waals surface area contributed by atoms with Crippen molar-refractivity contribution in [2.45, 2.75) is 46.6 Å². The predicted octanol–water partition coefficient (Wildman–Crippen LogP) is 1.24. The van der Waals surface area contributed by atoms with Crippen LogP contribution in [0.5, 0.6) is 0 Å². The Bertz CT molecular complexity index is 237. The lowest BCUT2D eigenvalue weighted by molar-refractivity contribution is -0.126. The summed E-state index contributed by atoms with van der Waals surface area (Å²) in [6.45, 7) is 7.92. The first kappa shape index (κ1) is 14.7. The summed E-state index contributed by atoms with van der Waals surface area (Å²) in [5.41, 5.74) is 5.60. The smallest absolute Gasteiger partial charge is 0.260 e. The first-order valence-corrected chi connectivity index (χ1v) is 5.65. The largest absolute Gasteiger partial charge is 0.384 e. The molecule has 0 aromatic carbocycles. The number of amides is 1. The van der Waals surface area contributed by atoms with Gasteiger partial charge in [-0.05, 0) is 26.2 Å². The number of hydrogen-bond donors (Lipinski definition) is 2. The Labute approximate surface area is 97.4 Å². The summed E-state index contributed by atoms with van der Waals surface area (Å²) in [7, 11) is 0. The molecule has 0 aliphatic rings. The molecule has 0 atom stereocenters. The molecule has 3 N–H and O–H groups in total. The Kier molecular flexibility index (Phi) is 7.33. The SMILES string of the molecule is CC(C)CC/C(N)=N/OCC(=O)NC(C)C. The van der Waals surface area contributed by atoms with Crippen LogP contribution in [0.1, 0.15) is 40.5 Å². The van der Waals surface area contributed by atoms with Crippen LogP contribution in [0.2, 0.25) is 0 Å². The molecule has 0 aliphatic carbocycles. The van der Waals surface area contributed by atoms with E-state index in [2.05, 4.69) is 24.3 Å². The molecule has 5 heteroatoms. The fraction of sp³-hybridized carbons (Fsp3) is 0.818. The van der Waals surface area contributed by atoms with Crippen LogP contribution in [0.3, 0.4) is 0 Å². The third kappa shape index (κ3) is 9.30. The number of nitrogens with one attached hydrogen (secondary N) is 1. The zero-order valence-electron chi connectivity index (χ0n) is 10.6. The minimum Gasteiger partial charge on any atom is -0.384 e. The highest BCUT2D eigenvalue weighted by molar-refractivity contribution is 5.80. The van der Waals surface area contributed by atoms with E-state index in [0.717, 1.165) is 6.42 Å². The lowest BCUT2D eigenvalue weighted by Gasteiger charge is -2.07. The van der Waals surface area contributed by atoms with E-state index >= 15 is 0 Å². The van der Waals surface area contributed by atoms with Crippen molar-refractivity contribution < 1.29 is 9.63 Å². The maximum absolute atomic E-state index is 11.2. The van der Waals surface area contributed by atoms with Crippen molar-refractivity contribution in [3.8, 4) is 0 Å². The quantitative estimate of drug-likeness (QED) is 0.391. The van der Waals surface area contributed by atoms with Gasteiger partial charge in [0.1, 0.15) is 5.84 Å². The van der Waals surface area contributed by atoms with Gasteiger partial charge in [-0.2, -0.15) is 0 Å². The lowest BCUT2D eigenvalue weighted by Crippen LogP contribution is -2.33. The molecule has 0 fully saturated rings. The van der Waals surface area contributed by atoms with Gasteiger partial charge in [0.2, 0.25) is 0 Å². The van der Waals surface area contributed by atoms with Gasteiger partial charge in [-0.1, -0.05) is 19.0 Å². The minimum absolute atomic E-state index is 0.0828. The Hall–Kier alpha value is -1.26. The molecule has 0 heterocycles. The van der Waals surface area contributed by atoms with Crippen molar-refractivity contribution in [1.29, 1.82) is 0 Å². The second-order valence-corrected chi connectivity index (χ2v) is 4.51. The summed E-state index contributed by atoms with van der Waals surface area (Å²) in [6, 6.07) is 0.110. The number of rotatable bonds is 7. The molecule has 0 spiro atoms. The standard InChI is InChI=1S/C11H23N3O2/c1-8(2)5-6-10(12)14-16-7-11(15)13-9(3)4/h8-9H,5-7H2,1-4H3,(H2,12,14)(H,13,15). The molecule has 0 aromatic heterocycles. The van der Waals surface area contributed by atoms with Crippen molar-refractivity contribution in [3.63, 3.8) is 0 Å². The molecule has 0 saturated heterocycles. The Balaban J connectivity index is 3.69. The summed E-state index contributed by atoms with van der Waals surface area (Å²) in [4.78, 5) is 16.0. The van der Waals surface area contributed by atoms with Gasteiger partial charge in [-0.3, -0.25) is 4.79 Å². The summed E-state index contributed by atoms with van der Waals surface area (Å²) in [5.74, 6) is 0.833. The van der Waals surface area contributed by atoms with Gasteiger partial charge in [-0.25, -0.2) is 0 Å². The van der Waals surface area contributed by atoms with Crippen LogP contribution in [0.25, 0.3) is 0 Å². The summed E-state index contributed by atoms with van der Waals surface area (Å²) < 4.78 is 0. The van der Waals surface area contributed by atoms with Gasteiger partial charge in [0.05, 0.1) is 0 Å². The highest BCUT2D eigenvalue weighted by Crippen LogP contribution is 2.02. The van der Waals surface area contributed by atoms with E-state index in [1.165, 1.54) is 0 Å². The molecule has 1 amide bonds. The van der Waals surface area contributed by atoms with Crippen LogP contribution >= 0.6 is 0 Å². The Morgan fingerprint density at radius 3 is 2.50 bits per heavy atom. The van der Waals surface area contributed by atoms with Gasteiger partial charge in [0.25, 0.3) is 5.91 Å². The van der Waals surface area contributed by atoms with E-state index in [0.29, 0.717) is 18.2 Å². The van der Waals surface area contributed by atoms with Crippen molar-refractivity contribution in [1.82, 2.24) is 5.32 Å². The molecular formula is C11H23N3O2. The maximum Gasteiger partial charge on any atom is 0.260 e. The average Bonchev–Trinajstić information content (AvgIpc) is 2.13. The molecule has 0 unspecified atom stereocenters. The highest BCUT2D eigenvalue weighted by atomic mass is 16.6. The van der Waals surface area contributed by atoms with Crippen molar-refractivity contribution in [2.24, 2.45) is 16.8 Å². The van der Waals surface area contributed by atoms with E-state index in [1.807, 2.05) is 13.8 Å². The summed E-state index contributed by atoms with van der Waals surface area (Å²) in [6.07, 6.45) is 1.67. The van der Waals surface area contributed by atoms with E-state index in [4.69, 9.17) is 10.6 Å². The number of carbonyl (C=O) groups excluding carboxylic acids is 1. The minimum atomic E-state index is -0.185. The van der Waals surface area contributed by atoms with Crippen LogP contribution in [0.4, 0.5) is 0 Å². The zero-order valence-corrected chi connectivity index (χ0v) is 10.6. The van der Waals surface area contributed by atoms with Crippen molar-refractivity contribution in [3.05, 3.63) is 0 Å². The number of amidine groups is 1. The second-order valence-electron chi connectivity index (χ2n) is 4.51. The maximum atomic E-state index is 11.2. The zero-order chi connectivity index (χ0) is 12.6. The van der Waals surface area contributed by atoms with Crippen molar-refractivity contribution in [2.75, 3.05) is 6.61 Å². The van der Waals surface area contributed by atoms with Crippen LogP contribution in [-0.4, -0.2) is 24.4 Å². The van der Waals surface area contributed by atoms with Gasteiger partial charge >= 0.3 is 0 Å². The number of nitrogens with two attached hydrogens (primary N) is 1.